The van der Waals surface area contributed by atoms with Gasteiger partial charge in [0.1, 0.15) is 17.7 Å². The van der Waals surface area contributed by atoms with Crippen LogP contribution in [-0.4, -0.2) is 46.5 Å². The summed E-state index contributed by atoms with van der Waals surface area (Å²) in [7, 11) is 1.57. The molecule has 3 aromatic rings. The van der Waals surface area contributed by atoms with E-state index in [-0.39, 0.29) is 36.3 Å². The van der Waals surface area contributed by atoms with Crippen LogP contribution in [0.2, 0.25) is 0 Å². The van der Waals surface area contributed by atoms with E-state index in [9.17, 15) is 14.0 Å². The normalized spacial score (nSPS) is 18.1. The monoisotopic (exact) mass is 478 g/mol. The van der Waals surface area contributed by atoms with Crippen molar-refractivity contribution in [2.75, 3.05) is 25.5 Å². The minimum atomic E-state index is -0.290. The number of nitrogens with one attached hydrogen (secondary N) is 1. The average Bonchev–Trinajstić information content (AvgIpc) is 3.32. The van der Waals surface area contributed by atoms with Crippen LogP contribution in [0.4, 0.5) is 10.1 Å². The molecule has 1 atom stereocenters. The van der Waals surface area contributed by atoms with Crippen LogP contribution in [0.3, 0.4) is 0 Å². The Morgan fingerprint density at radius 2 is 1.86 bits per heavy atom. The third-order valence-corrected chi connectivity index (χ3v) is 6.69. The maximum absolute atomic E-state index is 13.2. The van der Waals surface area contributed by atoms with Crippen LogP contribution in [0.15, 0.2) is 54.9 Å². The van der Waals surface area contributed by atoms with E-state index in [1.54, 1.807) is 42.6 Å². The van der Waals surface area contributed by atoms with Crippen LogP contribution in [0, 0.1) is 11.7 Å². The lowest BCUT2D eigenvalue weighted by Crippen LogP contribution is -2.42. The first-order chi connectivity index (χ1) is 17.0. The molecule has 5 rings (SSSR count). The molecule has 182 valence electrons. The van der Waals surface area contributed by atoms with Crippen LogP contribution in [-0.2, 0) is 22.7 Å². The summed E-state index contributed by atoms with van der Waals surface area (Å²) in [5, 5.41) is 2.94. The Morgan fingerprint density at radius 3 is 2.60 bits per heavy atom. The first-order valence-electron chi connectivity index (χ1n) is 11.7. The summed E-state index contributed by atoms with van der Waals surface area (Å²) in [6.07, 6.45) is 2.59. The Morgan fingerprint density at radius 1 is 1.11 bits per heavy atom. The van der Waals surface area contributed by atoms with Gasteiger partial charge >= 0.3 is 0 Å². The molecular weight excluding hydrogens is 451 g/mol. The number of piperidine rings is 1. The molecule has 0 saturated carbocycles. The van der Waals surface area contributed by atoms with Gasteiger partial charge < -0.3 is 24.3 Å². The smallest absolute Gasteiger partial charge is 0.274 e. The molecule has 35 heavy (non-hydrogen) atoms. The van der Waals surface area contributed by atoms with Crippen molar-refractivity contribution in [1.82, 2.24) is 14.5 Å². The van der Waals surface area contributed by atoms with Crippen LogP contribution >= 0.6 is 0 Å². The summed E-state index contributed by atoms with van der Waals surface area (Å²) in [6, 6.07) is 13.5. The highest BCUT2D eigenvalue weighted by Gasteiger charge is 2.32. The molecule has 1 aromatic heterocycles. The molecular formula is C26H27FN4O4. The highest BCUT2D eigenvalue weighted by atomic mass is 19.1. The van der Waals surface area contributed by atoms with Crippen LogP contribution in [0.1, 0.15) is 40.7 Å². The topological polar surface area (TPSA) is 85.7 Å². The SMILES string of the molecule is COc1ccccc1NC(=O)C1CCN(C(=O)c2ncn3c2CO[C@H](c2ccc(F)cc2)C3)CC1. The van der Waals surface area contributed by atoms with Crippen molar-refractivity contribution in [3.8, 4) is 5.75 Å². The van der Waals surface area contributed by atoms with Crippen molar-refractivity contribution < 1.29 is 23.5 Å². The zero-order chi connectivity index (χ0) is 24.4. The predicted octanol–water partition coefficient (Wildman–Crippen LogP) is 3.79. The fraction of sp³-hybridized carbons (Fsp3) is 0.346. The molecule has 8 nitrogen and oxygen atoms in total. The molecule has 1 saturated heterocycles. The number of aromatic nitrogens is 2. The Labute approximate surface area is 202 Å². The van der Waals surface area contributed by atoms with Crippen molar-refractivity contribution >= 4 is 17.5 Å². The molecule has 2 aliphatic rings. The Hall–Kier alpha value is -3.72. The maximum atomic E-state index is 13.2. The van der Waals surface area contributed by atoms with Crippen LogP contribution in [0.5, 0.6) is 5.75 Å². The second kappa shape index (κ2) is 9.87. The zero-order valence-electron chi connectivity index (χ0n) is 19.4. The van der Waals surface area contributed by atoms with Crippen molar-refractivity contribution in [3.63, 3.8) is 0 Å². The number of hydrogen-bond acceptors (Lipinski definition) is 5. The lowest BCUT2D eigenvalue weighted by atomic mass is 9.95. The number of ether oxygens (including phenoxy) is 2. The molecule has 1 N–H and O–H groups in total. The molecule has 0 spiro atoms. The molecule has 0 bridgehead atoms. The van der Waals surface area contributed by atoms with E-state index in [4.69, 9.17) is 9.47 Å². The first kappa shape index (κ1) is 23.0. The molecule has 3 heterocycles. The van der Waals surface area contributed by atoms with Gasteiger partial charge in [0.2, 0.25) is 5.91 Å². The number of amides is 2. The maximum Gasteiger partial charge on any atom is 0.274 e. The van der Waals surface area contributed by atoms with E-state index in [0.717, 1.165) is 11.3 Å². The van der Waals surface area contributed by atoms with Crippen molar-refractivity contribution in [2.45, 2.75) is 32.1 Å². The van der Waals surface area contributed by atoms with Gasteiger partial charge in [-0.2, -0.15) is 0 Å². The number of methoxy groups -OCH3 is 1. The lowest BCUT2D eigenvalue weighted by molar-refractivity contribution is -0.121. The van der Waals surface area contributed by atoms with Crippen LogP contribution < -0.4 is 10.1 Å². The lowest BCUT2D eigenvalue weighted by Gasteiger charge is -2.31. The summed E-state index contributed by atoms with van der Waals surface area (Å²) in [6.45, 7) is 1.72. The second-order valence-electron chi connectivity index (χ2n) is 8.80. The minimum Gasteiger partial charge on any atom is -0.495 e. The standard InChI is InChI=1S/C26H27FN4O4/c1-34-22-5-3-2-4-20(22)29-25(32)18-10-12-30(13-11-18)26(33)24-21-15-35-23(14-31(21)16-28-24)17-6-8-19(27)9-7-17/h2-9,16,18,23H,10-15H2,1H3,(H,29,32)/t23-/m0/s1. The highest BCUT2D eigenvalue weighted by molar-refractivity contribution is 5.95. The number of halogens is 1. The fourth-order valence-electron chi connectivity index (χ4n) is 4.66. The highest BCUT2D eigenvalue weighted by Crippen LogP contribution is 2.30. The van der Waals surface area contributed by atoms with E-state index >= 15 is 0 Å². The third kappa shape index (κ3) is 4.77. The van der Waals surface area contributed by atoms with Gasteiger partial charge in [-0.05, 0) is 42.7 Å². The molecule has 2 aliphatic heterocycles. The Balaban J connectivity index is 1.19. The number of imidazole rings is 1. The van der Waals surface area contributed by atoms with Crippen molar-refractivity contribution in [2.24, 2.45) is 5.92 Å². The molecule has 2 amide bonds. The van der Waals surface area contributed by atoms with Gasteiger partial charge in [-0.15, -0.1) is 0 Å². The minimum absolute atomic E-state index is 0.0683. The van der Waals surface area contributed by atoms with Gasteiger partial charge in [0.25, 0.3) is 5.91 Å². The average molecular weight is 479 g/mol. The quantitative estimate of drug-likeness (QED) is 0.603. The number of benzene rings is 2. The van der Waals surface area contributed by atoms with Gasteiger partial charge in [-0.3, -0.25) is 9.59 Å². The summed E-state index contributed by atoms with van der Waals surface area (Å²) in [5.41, 5.74) is 2.65. The van der Waals surface area contributed by atoms with E-state index in [1.807, 2.05) is 16.7 Å². The summed E-state index contributed by atoms with van der Waals surface area (Å²) in [4.78, 5) is 32.1. The van der Waals surface area contributed by atoms with E-state index < -0.39 is 0 Å². The largest absolute Gasteiger partial charge is 0.495 e. The second-order valence-corrected chi connectivity index (χ2v) is 8.80. The van der Waals surface area contributed by atoms with E-state index in [0.29, 0.717) is 49.6 Å². The number of fused-ring (bicyclic) bond motifs is 1. The molecule has 9 heteroatoms. The number of carbonyl (C=O) groups excluding carboxylic acids is 2. The number of rotatable bonds is 5. The van der Waals surface area contributed by atoms with Crippen LogP contribution in [0.25, 0.3) is 0 Å². The van der Waals surface area contributed by atoms with Gasteiger partial charge in [0.05, 0.1) is 38.0 Å². The van der Waals surface area contributed by atoms with E-state index in [2.05, 4.69) is 10.3 Å². The summed E-state index contributed by atoms with van der Waals surface area (Å²) in [5.74, 6) is -0.0734. The molecule has 0 unspecified atom stereocenters. The Bertz CT molecular complexity index is 1220. The summed E-state index contributed by atoms with van der Waals surface area (Å²) >= 11 is 0. The number of anilines is 1. The van der Waals surface area contributed by atoms with Gasteiger partial charge in [-0.25, -0.2) is 9.37 Å². The number of para-hydroxylation sites is 2. The predicted molar refractivity (Wildman–Crippen MR) is 126 cm³/mol. The number of nitrogens with zero attached hydrogens (tertiary/aromatic N) is 3. The fourth-order valence-corrected chi connectivity index (χ4v) is 4.66. The van der Waals surface area contributed by atoms with E-state index in [1.165, 1.54) is 12.1 Å². The first-order valence-corrected chi connectivity index (χ1v) is 11.7. The molecule has 1 fully saturated rings. The number of likely N-dealkylation sites (tertiary alicyclic amines) is 1. The molecule has 0 radical (unpaired) electrons. The molecule has 0 aliphatic carbocycles. The van der Waals surface area contributed by atoms with Crippen molar-refractivity contribution in [1.29, 1.82) is 0 Å². The molecule has 2 aromatic carbocycles. The Kier molecular flexibility index (Phi) is 6.50. The van der Waals surface area contributed by atoms with Crippen molar-refractivity contribution in [3.05, 3.63) is 77.6 Å². The summed E-state index contributed by atoms with van der Waals surface area (Å²) < 4.78 is 26.4. The van der Waals surface area contributed by atoms with Gasteiger partial charge in [-0.1, -0.05) is 24.3 Å². The third-order valence-electron chi connectivity index (χ3n) is 6.69. The van der Waals surface area contributed by atoms with Gasteiger partial charge in [0, 0.05) is 19.0 Å². The number of carbonyl (C=O) groups is 2. The zero-order valence-corrected chi connectivity index (χ0v) is 19.4. The number of hydrogen-bond donors (Lipinski definition) is 1. The van der Waals surface area contributed by atoms with Gasteiger partial charge in [0.15, 0.2) is 5.69 Å².